The number of amides is 2. The van der Waals surface area contributed by atoms with Crippen LogP contribution in [0.4, 0.5) is 8.78 Å². The minimum atomic E-state index is -1.05. The Morgan fingerprint density at radius 3 is 2.43 bits per heavy atom. The summed E-state index contributed by atoms with van der Waals surface area (Å²) in [5, 5.41) is 11.0. The van der Waals surface area contributed by atoms with E-state index < -0.39 is 41.8 Å². The number of rotatable bonds is 6. The van der Waals surface area contributed by atoms with Crippen LogP contribution in [0.25, 0.3) is 0 Å². The van der Waals surface area contributed by atoms with Crippen LogP contribution in [0.1, 0.15) is 18.9 Å². The maximum Gasteiger partial charge on any atom is 0.240 e. The zero-order chi connectivity index (χ0) is 16.0. The summed E-state index contributed by atoms with van der Waals surface area (Å²) in [5.74, 6) is -3.72. The highest BCUT2D eigenvalue weighted by Gasteiger charge is 2.22. The summed E-state index contributed by atoms with van der Waals surface area (Å²) in [4.78, 5) is 23.0. The fraction of sp³-hybridized carbons (Fsp3) is 0.357. The van der Waals surface area contributed by atoms with Gasteiger partial charge in [-0.25, -0.2) is 8.78 Å². The number of halogens is 2. The van der Waals surface area contributed by atoms with Gasteiger partial charge in [0.05, 0.1) is 12.5 Å². The van der Waals surface area contributed by atoms with Crippen LogP contribution >= 0.6 is 0 Å². The van der Waals surface area contributed by atoms with Gasteiger partial charge in [-0.1, -0.05) is 6.07 Å². The molecule has 21 heavy (non-hydrogen) atoms. The van der Waals surface area contributed by atoms with E-state index in [1.807, 2.05) is 6.07 Å². The molecule has 2 amide bonds. The van der Waals surface area contributed by atoms with Crippen molar-refractivity contribution in [2.75, 3.05) is 0 Å². The van der Waals surface area contributed by atoms with Crippen LogP contribution in [-0.4, -0.2) is 17.9 Å². The Bertz CT molecular complexity index is 564. The molecule has 1 rings (SSSR count). The first-order valence-corrected chi connectivity index (χ1v) is 6.26. The second-order valence-corrected chi connectivity index (χ2v) is 4.67. The summed E-state index contributed by atoms with van der Waals surface area (Å²) < 4.78 is 26.8. The van der Waals surface area contributed by atoms with Gasteiger partial charge in [-0.05, 0) is 25.5 Å². The lowest BCUT2D eigenvalue weighted by Crippen LogP contribution is -2.45. The minimum Gasteiger partial charge on any atom is -0.368 e. The Labute approximate surface area is 120 Å². The molecule has 0 aliphatic carbocycles. The molecule has 112 valence electrons. The Hall–Kier alpha value is -2.49. The molecule has 0 bridgehead atoms. The van der Waals surface area contributed by atoms with Gasteiger partial charge in [0, 0.05) is 11.5 Å². The zero-order valence-corrected chi connectivity index (χ0v) is 11.4. The van der Waals surface area contributed by atoms with Crippen molar-refractivity contribution in [3.8, 4) is 6.07 Å². The number of nitrogens with zero attached hydrogens (tertiary/aromatic N) is 1. The molecule has 0 aliphatic heterocycles. The number of primary amides is 1. The van der Waals surface area contributed by atoms with Crippen molar-refractivity contribution >= 4 is 11.8 Å². The van der Waals surface area contributed by atoms with Crippen molar-refractivity contribution in [3.63, 3.8) is 0 Å². The number of hydrogen-bond donors (Lipinski definition) is 2. The lowest BCUT2D eigenvalue weighted by Gasteiger charge is -2.16. The molecule has 0 aromatic heterocycles. The van der Waals surface area contributed by atoms with E-state index in [4.69, 9.17) is 11.0 Å². The highest BCUT2D eigenvalue weighted by atomic mass is 19.1. The lowest BCUT2D eigenvalue weighted by atomic mass is 10.0. The molecule has 0 radical (unpaired) electrons. The SMILES string of the molecule is C[C@@H](C#N)C[C@@H](NC(=O)Cc1c(F)cccc1F)C(N)=O. The van der Waals surface area contributed by atoms with Gasteiger partial charge in [0.1, 0.15) is 17.7 Å². The molecule has 3 N–H and O–H groups in total. The standard InChI is InChI=1S/C14H15F2N3O2/c1-8(7-17)5-12(14(18)21)19-13(20)6-9-10(15)3-2-4-11(9)16/h2-4,8,12H,5-6H2,1H3,(H2,18,21)(H,19,20)/t8-,12-/m1/s1. The van der Waals surface area contributed by atoms with Crippen molar-refractivity contribution in [2.45, 2.75) is 25.8 Å². The van der Waals surface area contributed by atoms with Crippen LogP contribution in [0.3, 0.4) is 0 Å². The minimum absolute atomic E-state index is 0.0390. The third-order valence-electron chi connectivity index (χ3n) is 2.89. The summed E-state index contributed by atoms with van der Waals surface area (Å²) >= 11 is 0. The first-order valence-electron chi connectivity index (χ1n) is 6.26. The number of hydrogen-bond acceptors (Lipinski definition) is 3. The Kier molecular flexibility index (Phi) is 5.79. The van der Waals surface area contributed by atoms with E-state index in [0.717, 1.165) is 12.1 Å². The predicted molar refractivity (Wildman–Crippen MR) is 70.6 cm³/mol. The number of benzene rings is 1. The largest absolute Gasteiger partial charge is 0.368 e. The molecule has 0 saturated carbocycles. The maximum atomic E-state index is 13.4. The van der Waals surface area contributed by atoms with E-state index in [0.29, 0.717) is 0 Å². The molecular formula is C14H15F2N3O2. The highest BCUT2D eigenvalue weighted by molar-refractivity contribution is 5.87. The molecule has 0 fully saturated rings. The third-order valence-corrected chi connectivity index (χ3v) is 2.89. The first-order chi connectivity index (χ1) is 9.85. The summed E-state index contributed by atoms with van der Waals surface area (Å²) in [6.07, 6.45) is -0.513. The third kappa shape index (κ3) is 4.84. The van der Waals surface area contributed by atoms with E-state index >= 15 is 0 Å². The van der Waals surface area contributed by atoms with E-state index in [9.17, 15) is 18.4 Å². The van der Waals surface area contributed by atoms with Crippen LogP contribution in [0.5, 0.6) is 0 Å². The van der Waals surface area contributed by atoms with Gasteiger partial charge in [-0.15, -0.1) is 0 Å². The van der Waals surface area contributed by atoms with Crippen LogP contribution < -0.4 is 11.1 Å². The van der Waals surface area contributed by atoms with Crippen molar-refractivity contribution in [3.05, 3.63) is 35.4 Å². The van der Waals surface area contributed by atoms with E-state index in [2.05, 4.69) is 5.32 Å². The number of carbonyl (C=O) groups is 2. The number of nitrogens with two attached hydrogens (primary N) is 1. The molecule has 1 aromatic carbocycles. The van der Waals surface area contributed by atoms with Crippen molar-refractivity contribution < 1.29 is 18.4 Å². The number of nitrogens with one attached hydrogen (secondary N) is 1. The van der Waals surface area contributed by atoms with E-state index in [-0.39, 0.29) is 12.0 Å². The molecule has 1 aromatic rings. The summed E-state index contributed by atoms with van der Waals surface area (Å²) in [6.45, 7) is 1.57. The fourth-order valence-electron chi connectivity index (χ4n) is 1.76. The molecule has 0 aliphatic rings. The number of carbonyl (C=O) groups excluding carboxylic acids is 2. The topological polar surface area (TPSA) is 96.0 Å². The van der Waals surface area contributed by atoms with Crippen molar-refractivity contribution in [2.24, 2.45) is 11.7 Å². The molecule has 0 spiro atoms. The molecule has 0 saturated heterocycles. The second-order valence-electron chi connectivity index (χ2n) is 4.67. The molecule has 2 atom stereocenters. The van der Waals surface area contributed by atoms with Crippen molar-refractivity contribution in [1.82, 2.24) is 5.32 Å². The van der Waals surface area contributed by atoms with Crippen LogP contribution in [0.2, 0.25) is 0 Å². The Balaban J connectivity index is 2.75. The van der Waals surface area contributed by atoms with Gasteiger partial charge >= 0.3 is 0 Å². The van der Waals surface area contributed by atoms with Gasteiger partial charge in [-0.2, -0.15) is 5.26 Å². The molecule has 7 heteroatoms. The number of nitriles is 1. The maximum absolute atomic E-state index is 13.4. The second kappa shape index (κ2) is 7.33. The predicted octanol–water partition coefficient (Wildman–Crippen LogP) is 1.03. The quantitative estimate of drug-likeness (QED) is 0.820. The van der Waals surface area contributed by atoms with Gasteiger partial charge < -0.3 is 11.1 Å². The highest BCUT2D eigenvalue weighted by Crippen LogP contribution is 2.13. The Morgan fingerprint density at radius 2 is 1.95 bits per heavy atom. The summed E-state index contributed by atoms with van der Waals surface area (Å²) in [5.41, 5.74) is 4.75. The van der Waals surface area contributed by atoms with Crippen molar-refractivity contribution in [1.29, 1.82) is 5.26 Å². The monoisotopic (exact) mass is 295 g/mol. The van der Waals surface area contributed by atoms with Crippen LogP contribution in [0.15, 0.2) is 18.2 Å². The van der Waals surface area contributed by atoms with Crippen LogP contribution in [-0.2, 0) is 16.0 Å². The van der Waals surface area contributed by atoms with E-state index in [1.165, 1.54) is 6.07 Å². The first kappa shape index (κ1) is 16.6. The Morgan fingerprint density at radius 1 is 1.38 bits per heavy atom. The molecule has 5 nitrogen and oxygen atoms in total. The fourth-order valence-corrected chi connectivity index (χ4v) is 1.76. The normalized spacial score (nSPS) is 13.0. The average Bonchev–Trinajstić information content (AvgIpc) is 2.42. The zero-order valence-electron chi connectivity index (χ0n) is 11.4. The van der Waals surface area contributed by atoms with Gasteiger partial charge in [0.2, 0.25) is 11.8 Å². The van der Waals surface area contributed by atoms with Gasteiger partial charge in [-0.3, -0.25) is 9.59 Å². The lowest BCUT2D eigenvalue weighted by molar-refractivity contribution is -0.127. The summed E-state index contributed by atoms with van der Waals surface area (Å²) in [6, 6.07) is 4.12. The van der Waals surface area contributed by atoms with Crippen LogP contribution in [0, 0.1) is 28.9 Å². The summed E-state index contributed by atoms with van der Waals surface area (Å²) in [7, 11) is 0. The smallest absolute Gasteiger partial charge is 0.240 e. The van der Waals surface area contributed by atoms with Gasteiger partial charge in [0.15, 0.2) is 0 Å². The van der Waals surface area contributed by atoms with Gasteiger partial charge in [0.25, 0.3) is 0 Å². The molecule has 0 heterocycles. The molecule has 0 unspecified atom stereocenters. The van der Waals surface area contributed by atoms with E-state index in [1.54, 1.807) is 6.92 Å². The molecular weight excluding hydrogens is 280 g/mol. The average molecular weight is 295 g/mol.